The third kappa shape index (κ3) is 9.94. The van der Waals surface area contributed by atoms with Crippen LogP contribution in [-0.4, -0.2) is 7.11 Å². The predicted octanol–water partition coefficient (Wildman–Crippen LogP) is 4.62. The lowest BCUT2D eigenvalue weighted by Gasteiger charge is -2.00. The topological polar surface area (TPSA) is 9.23 Å². The first-order valence-electron chi connectivity index (χ1n) is 5.18. The van der Waals surface area contributed by atoms with Crippen molar-refractivity contribution in [1.29, 1.82) is 0 Å². The molecule has 2 heteroatoms. The van der Waals surface area contributed by atoms with E-state index in [2.05, 4.69) is 22.9 Å². The van der Waals surface area contributed by atoms with Gasteiger partial charge in [-0.1, -0.05) is 55.0 Å². The Morgan fingerprint density at radius 2 is 1.77 bits per heavy atom. The zero-order valence-electron chi connectivity index (χ0n) is 8.81. The first kappa shape index (κ1) is 13.0. The summed E-state index contributed by atoms with van der Waals surface area (Å²) in [6.45, 7) is 2.25. The minimum absolute atomic E-state index is 1.11. The summed E-state index contributed by atoms with van der Waals surface area (Å²) in [6.07, 6.45) is 11.0. The first-order valence-corrected chi connectivity index (χ1v) is 5.98. The van der Waals surface area contributed by atoms with Gasteiger partial charge in [0.2, 0.25) is 0 Å². The van der Waals surface area contributed by atoms with Crippen molar-refractivity contribution in [3.8, 4) is 0 Å². The summed E-state index contributed by atoms with van der Waals surface area (Å²) in [5.74, 6) is 0. The fourth-order valence-electron chi connectivity index (χ4n) is 1.26. The molecule has 78 valence electrons. The molecule has 0 heterocycles. The molecule has 0 bridgehead atoms. The van der Waals surface area contributed by atoms with Gasteiger partial charge in [-0.2, -0.15) is 0 Å². The van der Waals surface area contributed by atoms with Gasteiger partial charge in [0.15, 0.2) is 0 Å². The van der Waals surface area contributed by atoms with E-state index >= 15 is 0 Å². The van der Waals surface area contributed by atoms with Crippen LogP contribution >= 0.6 is 15.9 Å². The zero-order valence-corrected chi connectivity index (χ0v) is 10.4. The number of hydrogen-bond acceptors (Lipinski definition) is 1. The van der Waals surface area contributed by atoms with Crippen molar-refractivity contribution >= 4 is 15.9 Å². The van der Waals surface area contributed by atoms with Gasteiger partial charge in [-0.3, -0.25) is 0 Å². The monoisotopic (exact) mass is 248 g/mol. The number of rotatable bonds is 8. The van der Waals surface area contributed by atoms with Crippen LogP contribution in [0.3, 0.4) is 0 Å². The first-order chi connectivity index (χ1) is 6.31. The lowest BCUT2D eigenvalue weighted by Crippen LogP contribution is -1.80. The lowest BCUT2D eigenvalue weighted by atomic mass is 10.1. The molecule has 0 saturated carbocycles. The molecule has 0 unspecified atom stereocenters. The number of halogens is 1. The Morgan fingerprint density at radius 3 is 2.38 bits per heavy atom. The molecule has 0 aliphatic carbocycles. The van der Waals surface area contributed by atoms with Crippen LogP contribution in [0, 0.1) is 0 Å². The molecule has 0 aromatic heterocycles. The van der Waals surface area contributed by atoms with E-state index in [9.17, 15) is 0 Å². The molecule has 0 aromatic carbocycles. The largest absolute Gasteiger partial charge is 0.504 e. The highest BCUT2D eigenvalue weighted by molar-refractivity contribution is 9.11. The standard InChI is InChI=1S/C11H21BrO/c1-3-4-5-6-7-8-9-11(12)10-13-2/h10H,3-9H2,1-2H3/b11-10-. The van der Waals surface area contributed by atoms with Crippen molar-refractivity contribution in [2.45, 2.75) is 51.9 Å². The molecular weight excluding hydrogens is 228 g/mol. The third-order valence-electron chi connectivity index (χ3n) is 2.01. The van der Waals surface area contributed by atoms with Crippen LogP contribution in [0.25, 0.3) is 0 Å². The van der Waals surface area contributed by atoms with Crippen LogP contribution in [-0.2, 0) is 4.74 Å². The van der Waals surface area contributed by atoms with E-state index in [4.69, 9.17) is 4.74 Å². The predicted molar refractivity (Wildman–Crippen MR) is 62.0 cm³/mol. The molecule has 1 nitrogen and oxygen atoms in total. The van der Waals surface area contributed by atoms with Crippen molar-refractivity contribution < 1.29 is 4.74 Å². The summed E-state index contributed by atoms with van der Waals surface area (Å²) >= 11 is 3.46. The minimum atomic E-state index is 1.11. The van der Waals surface area contributed by atoms with Crippen LogP contribution in [0.1, 0.15) is 51.9 Å². The number of unbranched alkanes of at least 4 members (excludes halogenated alkanes) is 5. The fraction of sp³-hybridized carbons (Fsp3) is 0.818. The second kappa shape index (κ2) is 10.1. The smallest absolute Gasteiger partial charge is 0.0925 e. The Hall–Kier alpha value is 0.0200. The van der Waals surface area contributed by atoms with E-state index < -0.39 is 0 Å². The Kier molecular flexibility index (Phi) is 10.1. The molecular formula is C11H21BrO. The van der Waals surface area contributed by atoms with Gasteiger partial charge in [0.25, 0.3) is 0 Å². The number of allylic oxidation sites excluding steroid dienone is 1. The molecule has 0 spiro atoms. The van der Waals surface area contributed by atoms with Crippen molar-refractivity contribution in [3.63, 3.8) is 0 Å². The molecule has 0 atom stereocenters. The molecule has 0 radical (unpaired) electrons. The summed E-state index contributed by atoms with van der Waals surface area (Å²) < 4.78 is 6.06. The van der Waals surface area contributed by atoms with E-state index in [1.54, 1.807) is 13.4 Å². The number of ether oxygens (including phenoxy) is 1. The van der Waals surface area contributed by atoms with Gasteiger partial charge in [-0.25, -0.2) is 0 Å². The molecule has 0 aliphatic heterocycles. The molecule has 0 aliphatic rings. The minimum Gasteiger partial charge on any atom is -0.504 e. The van der Waals surface area contributed by atoms with Crippen molar-refractivity contribution in [2.75, 3.05) is 7.11 Å². The molecule has 0 saturated heterocycles. The Morgan fingerprint density at radius 1 is 1.15 bits per heavy atom. The highest BCUT2D eigenvalue weighted by Crippen LogP contribution is 2.16. The number of methoxy groups -OCH3 is 1. The lowest BCUT2D eigenvalue weighted by molar-refractivity contribution is 0.335. The summed E-state index contributed by atoms with van der Waals surface area (Å²) in [7, 11) is 1.68. The molecule has 0 fully saturated rings. The van der Waals surface area contributed by atoms with Crippen LogP contribution in [0.4, 0.5) is 0 Å². The quantitative estimate of drug-likeness (QED) is 0.450. The molecule has 0 amide bonds. The Balaban J connectivity index is 3.11. The summed E-state index contributed by atoms with van der Waals surface area (Å²) in [5.41, 5.74) is 0. The highest BCUT2D eigenvalue weighted by atomic mass is 79.9. The average Bonchev–Trinajstić information content (AvgIpc) is 2.11. The molecule has 0 aromatic rings. The van der Waals surface area contributed by atoms with Crippen molar-refractivity contribution in [2.24, 2.45) is 0 Å². The van der Waals surface area contributed by atoms with Gasteiger partial charge >= 0.3 is 0 Å². The third-order valence-corrected chi connectivity index (χ3v) is 2.60. The summed E-state index contributed by atoms with van der Waals surface area (Å²) in [6, 6.07) is 0. The van der Waals surface area contributed by atoms with Gasteiger partial charge in [0.05, 0.1) is 13.4 Å². The van der Waals surface area contributed by atoms with Crippen LogP contribution in [0.15, 0.2) is 10.7 Å². The average molecular weight is 249 g/mol. The SMILES string of the molecule is CCCCCCCC/C(Br)=C/OC. The van der Waals surface area contributed by atoms with Gasteiger partial charge in [-0.05, 0) is 12.8 Å². The second-order valence-electron chi connectivity index (χ2n) is 3.32. The summed E-state index contributed by atoms with van der Waals surface area (Å²) in [5, 5.41) is 0. The summed E-state index contributed by atoms with van der Waals surface area (Å²) in [4.78, 5) is 0. The van der Waals surface area contributed by atoms with Crippen LogP contribution in [0.2, 0.25) is 0 Å². The van der Waals surface area contributed by atoms with Gasteiger partial charge in [0, 0.05) is 4.48 Å². The van der Waals surface area contributed by atoms with E-state index in [-0.39, 0.29) is 0 Å². The Bertz CT molecular complexity index is 132. The maximum atomic E-state index is 4.89. The second-order valence-corrected chi connectivity index (χ2v) is 4.34. The Labute approximate surface area is 90.7 Å². The van der Waals surface area contributed by atoms with Crippen LogP contribution < -0.4 is 0 Å². The van der Waals surface area contributed by atoms with Crippen molar-refractivity contribution in [3.05, 3.63) is 10.7 Å². The van der Waals surface area contributed by atoms with Gasteiger partial charge < -0.3 is 4.74 Å². The van der Waals surface area contributed by atoms with Crippen LogP contribution in [0.5, 0.6) is 0 Å². The maximum absolute atomic E-state index is 4.89. The van der Waals surface area contributed by atoms with Crippen molar-refractivity contribution in [1.82, 2.24) is 0 Å². The van der Waals surface area contributed by atoms with E-state index in [1.807, 2.05) is 0 Å². The van der Waals surface area contributed by atoms with E-state index in [0.717, 1.165) is 6.42 Å². The van der Waals surface area contributed by atoms with E-state index in [0.29, 0.717) is 0 Å². The fourth-order valence-corrected chi connectivity index (χ4v) is 1.73. The molecule has 0 rings (SSSR count). The highest BCUT2D eigenvalue weighted by Gasteiger charge is 1.93. The molecule has 13 heavy (non-hydrogen) atoms. The van der Waals surface area contributed by atoms with Gasteiger partial charge in [0.1, 0.15) is 0 Å². The zero-order chi connectivity index (χ0) is 9.94. The number of hydrogen-bond donors (Lipinski definition) is 0. The van der Waals surface area contributed by atoms with Gasteiger partial charge in [-0.15, -0.1) is 0 Å². The molecule has 0 N–H and O–H groups in total. The van der Waals surface area contributed by atoms with E-state index in [1.165, 1.54) is 43.0 Å². The normalized spacial score (nSPS) is 11.8. The maximum Gasteiger partial charge on any atom is 0.0925 e.